The van der Waals surface area contributed by atoms with Crippen molar-refractivity contribution < 1.29 is 26.8 Å². The summed E-state index contributed by atoms with van der Waals surface area (Å²) in [6.45, 7) is 5.21. The summed E-state index contributed by atoms with van der Waals surface area (Å²) in [6.07, 6.45) is 0. The van der Waals surface area contributed by atoms with Crippen LogP contribution in [0.15, 0.2) is 46.8 Å². The number of hydrogen-bond acceptors (Lipinski definition) is 7. The number of nitro groups is 1. The summed E-state index contributed by atoms with van der Waals surface area (Å²) in [5.41, 5.74) is 1.76. The van der Waals surface area contributed by atoms with E-state index in [1.807, 2.05) is 0 Å². The third-order valence-electron chi connectivity index (χ3n) is 4.08. The van der Waals surface area contributed by atoms with E-state index in [-0.39, 0.29) is 64.0 Å². The van der Waals surface area contributed by atoms with Gasteiger partial charge in [0, 0.05) is 23.5 Å². The van der Waals surface area contributed by atoms with Crippen LogP contribution in [0.2, 0.25) is 0 Å². The Morgan fingerprint density at radius 3 is 2.33 bits per heavy atom. The molecule has 0 bridgehead atoms. The van der Waals surface area contributed by atoms with Crippen molar-refractivity contribution in [2.75, 3.05) is 13.7 Å². The van der Waals surface area contributed by atoms with Crippen molar-refractivity contribution in [1.82, 2.24) is 5.32 Å². The first-order chi connectivity index (χ1) is 12.3. The van der Waals surface area contributed by atoms with Gasteiger partial charge >= 0.3 is 49.7 Å². The number of rotatable bonds is 5. The first-order valence-electron chi connectivity index (χ1n) is 8.00. The van der Waals surface area contributed by atoms with E-state index in [1.165, 1.54) is 25.3 Å². The monoisotopic (exact) mass is 402 g/mol. The van der Waals surface area contributed by atoms with Crippen LogP contribution in [-0.4, -0.2) is 68.3 Å². The number of nitro benzene ring substituents is 1. The molecular formula is C18H22CaN2O6. The van der Waals surface area contributed by atoms with E-state index in [1.54, 1.807) is 26.8 Å². The minimum absolute atomic E-state index is 0. The van der Waals surface area contributed by atoms with Crippen LogP contribution in [0, 0.1) is 10.1 Å². The number of nitrogens with one attached hydrogen (secondary N) is 1. The van der Waals surface area contributed by atoms with Gasteiger partial charge in [-0.3, -0.25) is 10.1 Å². The van der Waals surface area contributed by atoms with E-state index in [4.69, 9.17) is 9.47 Å². The van der Waals surface area contributed by atoms with Gasteiger partial charge in [-0.25, -0.2) is 9.59 Å². The van der Waals surface area contributed by atoms with Crippen LogP contribution in [0.1, 0.15) is 35.1 Å². The number of benzene rings is 1. The molecule has 1 N–H and O–H groups in total. The fourth-order valence-electron chi connectivity index (χ4n) is 3.01. The number of carbonyl (C=O) groups excluding carboxylic acids is 2. The molecular weight excluding hydrogens is 380 g/mol. The molecule has 0 saturated carbocycles. The average Bonchev–Trinajstić information content (AvgIpc) is 2.60. The summed E-state index contributed by atoms with van der Waals surface area (Å²) in [4.78, 5) is 35.5. The van der Waals surface area contributed by atoms with Crippen LogP contribution in [0.4, 0.5) is 5.69 Å². The Morgan fingerprint density at radius 2 is 1.81 bits per heavy atom. The fraction of sp³-hybridized carbons (Fsp3) is 0.333. The third kappa shape index (κ3) is 4.88. The molecule has 1 heterocycles. The van der Waals surface area contributed by atoms with E-state index < -0.39 is 22.8 Å². The molecule has 0 spiro atoms. The van der Waals surface area contributed by atoms with Crippen molar-refractivity contribution in [2.24, 2.45) is 0 Å². The zero-order chi connectivity index (χ0) is 19.4. The molecule has 1 aromatic rings. The molecule has 0 radical (unpaired) electrons. The van der Waals surface area contributed by atoms with Gasteiger partial charge in [0.1, 0.15) is 0 Å². The van der Waals surface area contributed by atoms with Crippen LogP contribution in [-0.2, 0) is 19.1 Å². The molecule has 0 fully saturated rings. The molecule has 0 amide bonds. The Labute approximate surface area is 189 Å². The van der Waals surface area contributed by atoms with Crippen molar-refractivity contribution in [2.45, 2.75) is 26.7 Å². The Bertz CT molecular complexity index is 841. The molecule has 1 atom stereocenters. The number of esters is 2. The van der Waals surface area contributed by atoms with Gasteiger partial charge in [-0.1, -0.05) is 12.1 Å². The van der Waals surface area contributed by atoms with Crippen LogP contribution >= 0.6 is 0 Å². The van der Waals surface area contributed by atoms with Gasteiger partial charge in [0.2, 0.25) is 0 Å². The average molecular weight is 402 g/mol. The van der Waals surface area contributed by atoms with E-state index in [9.17, 15) is 19.7 Å². The summed E-state index contributed by atoms with van der Waals surface area (Å²) in [7, 11) is 1.24. The van der Waals surface area contributed by atoms with Crippen LogP contribution < -0.4 is 5.32 Å². The smallest absolute Gasteiger partial charge is 1.00 e. The standard InChI is InChI=1S/C18H20N2O6.Ca.2H/c1-5-26-18(22)15-11(3)19-10(2)14(17(21)25-4)16(15)12-7-6-8-13(9-12)20(23)24;;;/h6-9,16,19H,5H2,1-4H3;;;/q;+2;2*-1. The van der Waals surface area contributed by atoms with Crippen molar-refractivity contribution in [1.29, 1.82) is 0 Å². The number of nitrogens with zero attached hydrogens (tertiary/aromatic N) is 1. The Kier molecular flexibility index (Phi) is 8.46. The van der Waals surface area contributed by atoms with E-state index in [2.05, 4.69) is 5.32 Å². The van der Waals surface area contributed by atoms with Gasteiger partial charge in [0.15, 0.2) is 0 Å². The largest absolute Gasteiger partial charge is 2.00 e. The Morgan fingerprint density at radius 1 is 1.22 bits per heavy atom. The maximum Gasteiger partial charge on any atom is 2.00 e. The van der Waals surface area contributed by atoms with Crippen molar-refractivity contribution in [3.05, 3.63) is 62.5 Å². The number of dihydropyridines is 1. The minimum atomic E-state index is -0.831. The Balaban J connectivity index is 0. The molecule has 1 aliphatic heterocycles. The summed E-state index contributed by atoms with van der Waals surface area (Å²) in [5, 5.41) is 14.1. The number of allylic oxidation sites excluding steroid dienone is 2. The fourth-order valence-corrected chi connectivity index (χ4v) is 3.01. The second kappa shape index (κ2) is 9.87. The molecule has 8 nitrogen and oxygen atoms in total. The van der Waals surface area contributed by atoms with Crippen LogP contribution in [0.3, 0.4) is 0 Å². The normalized spacial score (nSPS) is 16.2. The molecule has 142 valence electrons. The zero-order valence-corrected chi connectivity index (χ0v) is 17.9. The van der Waals surface area contributed by atoms with Gasteiger partial charge in [0.05, 0.1) is 35.7 Å². The number of carbonyl (C=O) groups is 2. The molecule has 1 aliphatic rings. The van der Waals surface area contributed by atoms with Gasteiger partial charge < -0.3 is 17.6 Å². The predicted molar refractivity (Wildman–Crippen MR) is 101 cm³/mol. The molecule has 1 aromatic carbocycles. The minimum Gasteiger partial charge on any atom is -1.00 e. The van der Waals surface area contributed by atoms with Gasteiger partial charge in [-0.05, 0) is 26.3 Å². The maximum absolute atomic E-state index is 12.5. The first-order valence-corrected chi connectivity index (χ1v) is 8.00. The van der Waals surface area contributed by atoms with Gasteiger partial charge in [-0.15, -0.1) is 0 Å². The molecule has 27 heavy (non-hydrogen) atoms. The molecule has 1 unspecified atom stereocenters. The van der Waals surface area contributed by atoms with Crippen molar-refractivity contribution in [3.8, 4) is 0 Å². The summed E-state index contributed by atoms with van der Waals surface area (Å²) in [5.74, 6) is -2.05. The van der Waals surface area contributed by atoms with Crippen molar-refractivity contribution >= 4 is 55.4 Å². The molecule has 9 heteroatoms. The predicted octanol–water partition coefficient (Wildman–Crippen LogP) is 2.41. The van der Waals surface area contributed by atoms with E-state index >= 15 is 0 Å². The number of hydrogen-bond donors (Lipinski definition) is 1. The van der Waals surface area contributed by atoms with Crippen molar-refractivity contribution in [3.63, 3.8) is 0 Å². The van der Waals surface area contributed by atoms with E-state index in [0.717, 1.165) is 0 Å². The summed E-state index contributed by atoms with van der Waals surface area (Å²) < 4.78 is 10.0. The number of methoxy groups -OCH3 is 1. The molecule has 0 aliphatic carbocycles. The molecule has 0 saturated heterocycles. The number of ether oxygens (including phenoxy) is 2. The van der Waals surface area contributed by atoms with Crippen LogP contribution in [0.25, 0.3) is 0 Å². The maximum atomic E-state index is 12.5. The second-order valence-corrected chi connectivity index (χ2v) is 5.70. The number of non-ortho nitro benzene ring substituents is 1. The van der Waals surface area contributed by atoms with E-state index in [0.29, 0.717) is 17.0 Å². The third-order valence-corrected chi connectivity index (χ3v) is 4.08. The van der Waals surface area contributed by atoms with Gasteiger partial charge in [0.25, 0.3) is 5.69 Å². The molecule has 0 aromatic heterocycles. The molecule has 2 rings (SSSR count). The first kappa shape index (κ1) is 23.1. The van der Waals surface area contributed by atoms with Crippen LogP contribution in [0.5, 0.6) is 0 Å². The zero-order valence-electron chi connectivity index (χ0n) is 17.7. The SMILES string of the molecule is CCOC(=O)C1=C(C)NC(C)=C(C(=O)OC)C1c1cccc([N+](=O)[O-])c1.[Ca+2].[H-].[H-]. The topological polar surface area (TPSA) is 108 Å². The van der Waals surface area contributed by atoms with Gasteiger partial charge in [-0.2, -0.15) is 0 Å². The summed E-state index contributed by atoms with van der Waals surface area (Å²) in [6, 6.07) is 5.84. The second-order valence-electron chi connectivity index (χ2n) is 5.70. The quantitative estimate of drug-likeness (QED) is 0.349. The Hall–Kier alpha value is -1.90. The summed E-state index contributed by atoms with van der Waals surface area (Å²) >= 11 is 0.